The number of para-hydroxylation sites is 1. The third-order valence-corrected chi connectivity index (χ3v) is 3.21. The van der Waals surface area contributed by atoms with E-state index >= 15 is 0 Å². The van der Waals surface area contributed by atoms with Crippen LogP contribution < -0.4 is 10.5 Å². The first kappa shape index (κ1) is 14.4. The highest BCUT2D eigenvalue weighted by Gasteiger charge is 1.99. The zero-order valence-corrected chi connectivity index (χ0v) is 11.8. The average molecular weight is 271 g/mol. The molecule has 0 aliphatic carbocycles. The van der Waals surface area contributed by atoms with Crippen molar-refractivity contribution >= 4 is 5.69 Å². The van der Waals surface area contributed by atoms with E-state index < -0.39 is 0 Å². The van der Waals surface area contributed by atoms with E-state index in [1.54, 1.807) is 7.11 Å². The van der Waals surface area contributed by atoms with Gasteiger partial charge in [-0.25, -0.2) is 0 Å². The molecule has 0 aliphatic rings. The second-order valence-electron chi connectivity index (χ2n) is 4.68. The molecule has 0 bridgehead atoms. The molecule has 0 aromatic heterocycles. The SMILES string of the molecule is COCCc1ccc(OCCc2ccccc2N)cc1. The molecule has 2 rings (SSSR count). The Kier molecular flexibility index (Phi) is 5.44. The van der Waals surface area contributed by atoms with Crippen LogP contribution in [0.25, 0.3) is 0 Å². The maximum absolute atomic E-state index is 5.90. The summed E-state index contributed by atoms with van der Waals surface area (Å²) < 4.78 is 10.8. The van der Waals surface area contributed by atoms with Gasteiger partial charge in [0.25, 0.3) is 0 Å². The summed E-state index contributed by atoms with van der Waals surface area (Å²) in [6.45, 7) is 1.37. The summed E-state index contributed by atoms with van der Waals surface area (Å²) >= 11 is 0. The number of hydrogen-bond donors (Lipinski definition) is 1. The van der Waals surface area contributed by atoms with E-state index in [0.29, 0.717) is 6.61 Å². The molecule has 2 aromatic rings. The quantitative estimate of drug-likeness (QED) is 0.787. The Hall–Kier alpha value is -2.00. The van der Waals surface area contributed by atoms with E-state index in [9.17, 15) is 0 Å². The molecule has 106 valence electrons. The van der Waals surface area contributed by atoms with Gasteiger partial charge in [0.05, 0.1) is 13.2 Å². The Morgan fingerprint density at radius 3 is 2.35 bits per heavy atom. The molecule has 0 aliphatic heterocycles. The fourth-order valence-electron chi connectivity index (χ4n) is 2.01. The lowest BCUT2D eigenvalue weighted by atomic mass is 10.1. The smallest absolute Gasteiger partial charge is 0.119 e. The van der Waals surface area contributed by atoms with Crippen LogP contribution in [0.2, 0.25) is 0 Å². The molecule has 0 radical (unpaired) electrons. The lowest BCUT2D eigenvalue weighted by Gasteiger charge is -2.08. The van der Waals surface area contributed by atoms with Crippen LogP contribution in [-0.4, -0.2) is 20.3 Å². The van der Waals surface area contributed by atoms with E-state index in [0.717, 1.165) is 36.4 Å². The van der Waals surface area contributed by atoms with Crippen molar-refractivity contribution in [3.05, 3.63) is 59.7 Å². The van der Waals surface area contributed by atoms with Crippen LogP contribution in [0.5, 0.6) is 5.75 Å². The van der Waals surface area contributed by atoms with Crippen LogP contribution in [0, 0.1) is 0 Å². The maximum Gasteiger partial charge on any atom is 0.119 e. The van der Waals surface area contributed by atoms with E-state index in [2.05, 4.69) is 12.1 Å². The molecule has 3 heteroatoms. The van der Waals surface area contributed by atoms with Crippen molar-refractivity contribution in [2.24, 2.45) is 0 Å². The monoisotopic (exact) mass is 271 g/mol. The Labute approximate surface area is 120 Å². The molecule has 0 spiro atoms. The average Bonchev–Trinajstić information content (AvgIpc) is 2.48. The first-order chi connectivity index (χ1) is 9.79. The molecular weight excluding hydrogens is 250 g/mol. The van der Waals surface area contributed by atoms with Crippen molar-refractivity contribution in [3.63, 3.8) is 0 Å². The second-order valence-corrected chi connectivity index (χ2v) is 4.68. The normalized spacial score (nSPS) is 10.4. The van der Waals surface area contributed by atoms with Gasteiger partial charge >= 0.3 is 0 Å². The molecule has 2 N–H and O–H groups in total. The highest BCUT2D eigenvalue weighted by molar-refractivity contribution is 5.46. The van der Waals surface area contributed by atoms with E-state index in [-0.39, 0.29) is 0 Å². The van der Waals surface area contributed by atoms with Gasteiger partial charge in [-0.05, 0) is 35.7 Å². The predicted molar refractivity (Wildman–Crippen MR) is 82.1 cm³/mol. The first-order valence-corrected chi connectivity index (χ1v) is 6.83. The van der Waals surface area contributed by atoms with Crippen LogP contribution in [0.4, 0.5) is 5.69 Å². The zero-order valence-electron chi connectivity index (χ0n) is 11.8. The molecule has 0 saturated heterocycles. The van der Waals surface area contributed by atoms with Gasteiger partial charge in [-0.3, -0.25) is 0 Å². The Morgan fingerprint density at radius 2 is 1.65 bits per heavy atom. The first-order valence-electron chi connectivity index (χ1n) is 6.83. The Balaban J connectivity index is 1.81. The number of anilines is 1. The minimum Gasteiger partial charge on any atom is -0.493 e. The molecule has 3 nitrogen and oxygen atoms in total. The third-order valence-electron chi connectivity index (χ3n) is 3.21. The molecule has 0 amide bonds. The van der Waals surface area contributed by atoms with Gasteiger partial charge in [0.15, 0.2) is 0 Å². The number of rotatable bonds is 7. The number of nitrogen functional groups attached to an aromatic ring is 1. The van der Waals surface area contributed by atoms with Crippen LogP contribution in [0.15, 0.2) is 48.5 Å². The molecule has 20 heavy (non-hydrogen) atoms. The molecular formula is C17H21NO2. The van der Waals surface area contributed by atoms with Crippen molar-refractivity contribution in [3.8, 4) is 5.75 Å². The summed E-state index contributed by atoms with van der Waals surface area (Å²) in [5, 5.41) is 0. The van der Waals surface area contributed by atoms with Crippen LogP contribution in [0.3, 0.4) is 0 Å². The fourth-order valence-corrected chi connectivity index (χ4v) is 2.01. The van der Waals surface area contributed by atoms with Gasteiger partial charge in [-0.1, -0.05) is 30.3 Å². The molecule has 0 atom stereocenters. The van der Waals surface area contributed by atoms with Crippen molar-refractivity contribution < 1.29 is 9.47 Å². The van der Waals surface area contributed by atoms with Gasteiger partial charge in [0, 0.05) is 19.2 Å². The summed E-state index contributed by atoms with van der Waals surface area (Å²) in [4.78, 5) is 0. The summed E-state index contributed by atoms with van der Waals surface area (Å²) in [5.74, 6) is 0.890. The van der Waals surface area contributed by atoms with Crippen LogP contribution in [-0.2, 0) is 17.6 Å². The summed E-state index contributed by atoms with van der Waals surface area (Å²) in [5.41, 5.74) is 9.11. The number of ether oxygens (including phenoxy) is 2. The van der Waals surface area contributed by atoms with Gasteiger partial charge in [-0.15, -0.1) is 0 Å². The van der Waals surface area contributed by atoms with Crippen molar-refractivity contribution in [1.82, 2.24) is 0 Å². The third kappa shape index (κ3) is 4.28. The minimum absolute atomic E-state index is 0.631. The minimum atomic E-state index is 0.631. The van der Waals surface area contributed by atoms with Crippen molar-refractivity contribution in [1.29, 1.82) is 0 Å². The predicted octanol–water partition coefficient (Wildman–Crippen LogP) is 3.08. The van der Waals surface area contributed by atoms with Crippen molar-refractivity contribution in [2.75, 3.05) is 26.1 Å². The lowest BCUT2D eigenvalue weighted by molar-refractivity contribution is 0.202. The Bertz CT molecular complexity index is 523. The Morgan fingerprint density at radius 1 is 0.900 bits per heavy atom. The van der Waals surface area contributed by atoms with Gasteiger partial charge in [0.1, 0.15) is 5.75 Å². The summed E-state index contributed by atoms with van der Waals surface area (Å²) in [6, 6.07) is 16.0. The standard InChI is InChI=1S/C17H21NO2/c1-19-12-10-14-6-8-16(9-7-14)20-13-11-15-4-2-3-5-17(15)18/h2-9H,10-13,18H2,1H3. The fraction of sp³-hybridized carbons (Fsp3) is 0.294. The maximum atomic E-state index is 5.90. The molecule has 2 aromatic carbocycles. The summed E-state index contributed by atoms with van der Waals surface area (Å²) in [6.07, 6.45) is 1.75. The number of benzene rings is 2. The highest BCUT2D eigenvalue weighted by Crippen LogP contribution is 2.15. The van der Waals surface area contributed by atoms with Gasteiger partial charge in [-0.2, -0.15) is 0 Å². The largest absolute Gasteiger partial charge is 0.493 e. The molecule has 0 fully saturated rings. The highest BCUT2D eigenvalue weighted by atomic mass is 16.5. The van der Waals surface area contributed by atoms with Gasteiger partial charge < -0.3 is 15.2 Å². The van der Waals surface area contributed by atoms with E-state index in [4.69, 9.17) is 15.2 Å². The van der Waals surface area contributed by atoms with E-state index in [1.807, 2.05) is 36.4 Å². The van der Waals surface area contributed by atoms with Crippen LogP contribution >= 0.6 is 0 Å². The van der Waals surface area contributed by atoms with E-state index in [1.165, 1.54) is 5.56 Å². The lowest BCUT2D eigenvalue weighted by Crippen LogP contribution is -2.03. The number of methoxy groups -OCH3 is 1. The topological polar surface area (TPSA) is 44.5 Å². The number of hydrogen-bond acceptors (Lipinski definition) is 3. The second kappa shape index (κ2) is 7.56. The van der Waals surface area contributed by atoms with Gasteiger partial charge in [0.2, 0.25) is 0 Å². The van der Waals surface area contributed by atoms with Crippen LogP contribution in [0.1, 0.15) is 11.1 Å². The molecule has 0 heterocycles. The molecule has 0 unspecified atom stereocenters. The molecule has 0 saturated carbocycles. The summed E-state index contributed by atoms with van der Waals surface area (Å²) in [7, 11) is 1.72. The zero-order chi connectivity index (χ0) is 14.2. The number of nitrogens with two attached hydrogens (primary N) is 1. The van der Waals surface area contributed by atoms with Crippen molar-refractivity contribution in [2.45, 2.75) is 12.8 Å².